The molecule has 2 aromatic rings. The van der Waals surface area contributed by atoms with Gasteiger partial charge >= 0.3 is 6.09 Å². The lowest BCUT2D eigenvalue weighted by molar-refractivity contribution is -0.128. The second-order valence-corrected chi connectivity index (χ2v) is 8.64. The maximum Gasteiger partial charge on any atom is 0.410 e. The smallest absolute Gasteiger partial charge is 0.410 e. The average Bonchev–Trinajstić information content (AvgIpc) is 2.78. The lowest BCUT2D eigenvalue weighted by atomic mass is 10.1. The first kappa shape index (κ1) is 25.0. The highest BCUT2D eigenvalue weighted by Crippen LogP contribution is 2.34. The molecule has 0 saturated carbocycles. The van der Waals surface area contributed by atoms with E-state index in [9.17, 15) is 14.7 Å². The van der Waals surface area contributed by atoms with Crippen LogP contribution in [-0.4, -0.2) is 81.3 Å². The van der Waals surface area contributed by atoms with Gasteiger partial charge in [-0.15, -0.1) is 0 Å². The zero-order valence-electron chi connectivity index (χ0n) is 20.2. The quantitative estimate of drug-likeness (QED) is 0.624. The van der Waals surface area contributed by atoms with E-state index in [2.05, 4.69) is 20.3 Å². The first-order valence-corrected chi connectivity index (χ1v) is 11.2. The van der Waals surface area contributed by atoms with Gasteiger partial charge in [0.25, 0.3) is 5.88 Å². The lowest BCUT2D eigenvalue weighted by Gasteiger charge is -2.31. The number of pyridine rings is 1. The van der Waals surface area contributed by atoms with Gasteiger partial charge < -0.3 is 29.7 Å². The van der Waals surface area contributed by atoms with Gasteiger partial charge in [-0.2, -0.15) is 4.98 Å². The second kappa shape index (κ2) is 11.0. The van der Waals surface area contributed by atoms with Crippen molar-refractivity contribution in [2.45, 2.75) is 52.2 Å². The van der Waals surface area contributed by atoms with Crippen LogP contribution in [0.1, 0.15) is 38.1 Å². The molecule has 1 aliphatic rings. The fourth-order valence-electron chi connectivity index (χ4n) is 3.41. The van der Waals surface area contributed by atoms with Crippen LogP contribution >= 0.6 is 0 Å². The highest BCUT2D eigenvalue weighted by Gasteiger charge is 2.27. The largest absolute Gasteiger partial charge is 0.501 e. The number of hydrogen-bond acceptors (Lipinski definition) is 9. The van der Waals surface area contributed by atoms with E-state index < -0.39 is 0 Å². The van der Waals surface area contributed by atoms with E-state index >= 15 is 0 Å². The maximum atomic E-state index is 12.0. The van der Waals surface area contributed by atoms with Crippen LogP contribution in [0.3, 0.4) is 0 Å². The Hall–Kier alpha value is -3.63. The van der Waals surface area contributed by atoms with Crippen LogP contribution in [-0.2, 0) is 16.0 Å². The van der Waals surface area contributed by atoms with Crippen LogP contribution in [0, 0.1) is 6.92 Å². The molecular formula is C23H32N6O5. The molecule has 1 aliphatic heterocycles. The van der Waals surface area contributed by atoms with Gasteiger partial charge in [0.05, 0.1) is 29.6 Å². The molecule has 0 unspecified atom stereocenters. The summed E-state index contributed by atoms with van der Waals surface area (Å²) in [5, 5.41) is 13.7. The van der Waals surface area contributed by atoms with Crippen molar-refractivity contribution in [3.63, 3.8) is 0 Å². The van der Waals surface area contributed by atoms with Gasteiger partial charge in [0.1, 0.15) is 12.4 Å². The van der Waals surface area contributed by atoms with Crippen molar-refractivity contribution in [2.24, 2.45) is 0 Å². The van der Waals surface area contributed by atoms with Gasteiger partial charge in [-0.3, -0.25) is 9.78 Å². The lowest BCUT2D eigenvalue weighted by Crippen LogP contribution is -2.42. The first-order chi connectivity index (χ1) is 16.1. The third kappa shape index (κ3) is 6.46. The van der Waals surface area contributed by atoms with Crippen LogP contribution in [0.5, 0.6) is 11.6 Å². The third-order valence-electron chi connectivity index (χ3n) is 5.33. The molecule has 0 aliphatic carbocycles. The molecule has 0 atom stereocenters. The number of aromatic nitrogens is 3. The van der Waals surface area contributed by atoms with Crippen LogP contribution in [0.4, 0.5) is 16.3 Å². The highest BCUT2D eigenvalue weighted by atomic mass is 16.6. The summed E-state index contributed by atoms with van der Waals surface area (Å²) in [5.41, 5.74) is 1.95. The summed E-state index contributed by atoms with van der Waals surface area (Å²) in [6.07, 6.45) is 2.00. The second-order valence-electron chi connectivity index (χ2n) is 8.64. The number of carbonyl (C=O) groups excluding carboxylic acids is 2. The number of nitrogens with zero attached hydrogens (tertiary/aromatic N) is 5. The fourth-order valence-corrected chi connectivity index (χ4v) is 3.41. The number of aryl methyl sites for hydroxylation is 1. The molecule has 0 radical (unpaired) electrons. The molecule has 0 bridgehead atoms. The molecule has 11 heteroatoms. The average molecular weight is 473 g/mol. The molecule has 184 valence electrons. The summed E-state index contributed by atoms with van der Waals surface area (Å²) < 4.78 is 11.1. The number of likely N-dealkylation sites (N-methyl/N-ethyl adjacent to an activating group) is 1. The fraction of sp³-hybridized carbons (Fsp3) is 0.522. The molecule has 2 aromatic heterocycles. The SMILES string of the molecule is Cc1nc(CC(=O)N(C)C)ccc1Nc1ncnc(OC2CCN(C(=O)OC(C)C)CC2)c1O. The molecule has 0 aromatic carbocycles. The molecular weight excluding hydrogens is 440 g/mol. The van der Waals surface area contributed by atoms with Gasteiger partial charge in [-0.1, -0.05) is 0 Å². The number of amides is 2. The summed E-state index contributed by atoms with van der Waals surface area (Å²) in [5.74, 6) is 0.00499. The number of aromatic hydroxyl groups is 1. The molecule has 11 nitrogen and oxygen atoms in total. The van der Waals surface area contributed by atoms with E-state index in [0.29, 0.717) is 43.0 Å². The molecule has 2 amide bonds. The zero-order chi connectivity index (χ0) is 24.8. The third-order valence-corrected chi connectivity index (χ3v) is 5.33. The summed E-state index contributed by atoms with van der Waals surface area (Å²) in [4.78, 5) is 39.8. The topological polar surface area (TPSA) is 130 Å². The number of piperidine rings is 1. The Kier molecular flexibility index (Phi) is 8.08. The van der Waals surface area contributed by atoms with Crippen molar-refractivity contribution in [3.8, 4) is 11.6 Å². The number of ether oxygens (including phenoxy) is 2. The molecule has 34 heavy (non-hydrogen) atoms. The van der Waals surface area contributed by atoms with Crippen molar-refractivity contribution in [3.05, 3.63) is 29.8 Å². The number of nitrogens with one attached hydrogen (secondary N) is 1. The van der Waals surface area contributed by atoms with Gasteiger partial charge in [-0.25, -0.2) is 9.78 Å². The molecule has 0 spiro atoms. The van der Waals surface area contributed by atoms with Crippen molar-refractivity contribution in [1.29, 1.82) is 0 Å². The monoisotopic (exact) mass is 472 g/mol. The van der Waals surface area contributed by atoms with Gasteiger partial charge in [0.15, 0.2) is 5.82 Å². The first-order valence-electron chi connectivity index (χ1n) is 11.2. The Morgan fingerprint density at radius 1 is 1.24 bits per heavy atom. The molecule has 2 N–H and O–H groups in total. The zero-order valence-corrected chi connectivity index (χ0v) is 20.2. The standard InChI is InChI=1S/C23H32N6O5/c1-14(2)33-23(32)29-10-8-17(9-11-29)34-22-20(31)21(24-13-25-22)27-18-7-6-16(26-15(18)3)12-19(30)28(4)5/h6-7,13-14,17,31H,8-12H2,1-5H3,(H,24,25,27). The molecule has 1 fully saturated rings. The summed E-state index contributed by atoms with van der Waals surface area (Å²) in [6, 6.07) is 3.54. The molecule has 3 rings (SSSR count). The Balaban J connectivity index is 1.62. The van der Waals surface area contributed by atoms with Crippen molar-refractivity contribution in [1.82, 2.24) is 24.8 Å². The van der Waals surface area contributed by atoms with E-state index in [0.717, 1.165) is 0 Å². The van der Waals surface area contributed by atoms with E-state index in [1.807, 2.05) is 13.8 Å². The highest BCUT2D eigenvalue weighted by molar-refractivity contribution is 5.78. The Morgan fingerprint density at radius 3 is 2.56 bits per heavy atom. The number of carbonyl (C=O) groups is 2. The normalized spacial score (nSPS) is 14.1. The van der Waals surface area contributed by atoms with Crippen molar-refractivity contribution < 1.29 is 24.2 Å². The summed E-state index contributed by atoms with van der Waals surface area (Å²) in [6.45, 7) is 6.44. The van der Waals surface area contributed by atoms with Crippen LogP contribution in [0.25, 0.3) is 0 Å². The van der Waals surface area contributed by atoms with Crippen molar-refractivity contribution in [2.75, 3.05) is 32.5 Å². The Morgan fingerprint density at radius 2 is 1.94 bits per heavy atom. The minimum atomic E-state index is -0.328. The predicted octanol–water partition coefficient (Wildman–Crippen LogP) is 2.65. The number of anilines is 2. The molecule has 1 saturated heterocycles. The summed E-state index contributed by atoms with van der Waals surface area (Å²) >= 11 is 0. The van der Waals surface area contributed by atoms with Gasteiger partial charge in [-0.05, 0) is 32.9 Å². The Labute approximate surface area is 199 Å². The van der Waals surface area contributed by atoms with Crippen LogP contribution in [0.15, 0.2) is 18.5 Å². The van der Waals surface area contributed by atoms with Gasteiger partial charge in [0, 0.05) is 40.0 Å². The van der Waals surface area contributed by atoms with Gasteiger partial charge in [0.2, 0.25) is 11.7 Å². The van der Waals surface area contributed by atoms with E-state index in [1.165, 1.54) is 11.2 Å². The predicted molar refractivity (Wildman–Crippen MR) is 125 cm³/mol. The minimum Gasteiger partial charge on any atom is -0.501 e. The Bertz CT molecular complexity index is 1020. The minimum absolute atomic E-state index is 0.0366. The van der Waals surface area contributed by atoms with E-state index in [-0.39, 0.29) is 48.1 Å². The molecule has 3 heterocycles. The van der Waals surface area contributed by atoms with Crippen LogP contribution in [0.2, 0.25) is 0 Å². The van der Waals surface area contributed by atoms with Crippen molar-refractivity contribution >= 4 is 23.5 Å². The van der Waals surface area contributed by atoms with E-state index in [4.69, 9.17) is 9.47 Å². The van der Waals surface area contributed by atoms with Crippen LogP contribution < -0.4 is 10.1 Å². The number of likely N-dealkylation sites (tertiary alicyclic amines) is 1. The van der Waals surface area contributed by atoms with E-state index in [1.54, 1.807) is 38.1 Å². The summed E-state index contributed by atoms with van der Waals surface area (Å²) in [7, 11) is 3.40. The maximum absolute atomic E-state index is 12.0. The number of hydrogen-bond donors (Lipinski definition) is 2. The number of rotatable bonds is 7.